The summed E-state index contributed by atoms with van der Waals surface area (Å²) in [4.78, 5) is 11.9. The quantitative estimate of drug-likeness (QED) is 0.920. The molecule has 94 valence electrons. The molecule has 0 amide bonds. The van der Waals surface area contributed by atoms with E-state index in [9.17, 15) is 0 Å². The smallest absolute Gasteiger partial charge is 0.322 e. The fraction of sp³-hybridized carbons (Fsp3) is 0.250. The highest BCUT2D eigenvalue weighted by Gasteiger charge is 2.09. The number of anilines is 1. The minimum atomic E-state index is 0.0642. The second-order valence-electron chi connectivity index (χ2n) is 3.69. The Morgan fingerprint density at radius 3 is 2.56 bits per heavy atom. The van der Waals surface area contributed by atoms with Crippen LogP contribution in [0.25, 0.3) is 0 Å². The Morgan fingerprint density at radius 1 is 1.17 bits per heavy atom. The molecule has 0 fully saturated rings. The van der Waals surface area contributed by atoms with E-state index in [0.29, 0.717) is 5.95 Å². The van der Waals surface area contributed by atoms with Crippen LogP contribution in [0.4, 0.5) is 5.95 Å². The summed E-state index contributed by atoms with van der Waals surface area (Å²) in [6.07, 6.45) is 0. The summed E-state index contributed by atoms with van der Waals surface area (Å²) in [6, 6.07) is 10.2. The lowest BCUT2D eigenvalue weighted by atomic mass is 10.1. The predicted molar refractivity (Wildman–Crippen MR) is 69.9 cm³/mol. The van der Waals surface area contributed by atoms with Crippen LogP contribution in [-0.4, -0.2) is 22.1 Å². The number of nitrogens with zero attached hydrogens (tertiary/aromatic N) is 3. The Morgan fingerprint density at radius 2 is 1.89 bits per heavy atom. The monoisotopic (exact) mass is 264 g/mol. The first-order valence-electron chi connectivity index (χ1n) is 5.46. The molecule has 1 atom stereocenters. The molecule has 18 heavy (non-hydrogen) atoms. The molecule has 0 saturated heterocycles. The zero-order valence-electron chi connectivity index (χ0n) is 10.1. The Bertz CT molecular complexity index is 521. The van der Waals surface area contributed by atoms with Gasteiger partial charge in [0.15, 0.2) is 0 Å². The molecule has 2 rings (SSSR count). The number of hydrogen-bond donors (Lipinski definition) is 1. The molecule has 5 nitrogen and oxygen atoms in total. The molecule has 1 aromatic carbocycles. The second-order valence-corrected chi connectivity index (χ2v) is 4.03. The first-order chi connectivity index (χ1) is 8.69. The van der Waals surface area contributed by atoms with Gasteiger partial charge in [0.05, 0.1) is 13.2 Å². The maximum atomic E-state index is 5.78. The van der Waals surface area contributed by atoms with Crippen molar-refractivity contribution in [2.75, 3.05) is 12.4 Å². The first-order valence-corrected chi connectivity index (χ1v) is 5.84. The summed E-state index contributed by atoms with van der Waals surface area (Å²) in [5.41, 5.74) is 1.13. The maximum Gasteiger partial charge on any atom is 0.322 e. The van der Waals surface area contributed by atoms with Crippen molar-refractivity contribution in [3.63, 3.8) is 0 Å². The van der Waals surface area contributed by atoms with Gasteiger partial charge in [0.2, 0.25) is 11.2 Å². The molecule has 0 unspecified atom stereocenters. The van der Waals surface area contributed by atoms with Gasteiger partial charge in [-0.2, -0.15) is 15.0 Å². The Kier molecular flexibility index (Phi) is 3.94. The van der Waals surface area contributed by atoms with Gasteiger partial charge in [-0.15, -0.1) is 0 Å². The molecule has 0 aliphatic heterocycles. The molecule has 0 spiro atoms. The average molecular weight is 265 g/mol. The standard InChI is InChI=1S/C12H13ClN4O/c1-8(9-6-4-3-5-7-9)14-11-15-10(13)16-12(17-11)18-2/h3-8H,1-2H3,(H,14,15,16,17)/t8-/m1/s1. The normalized spacial score (nSPS) is 11.9. The van der Waals surface area contributed by atoms with Gasteiger partial charge in [0.25, 0.3) is 0 Å². The molecule has 0 aliphatic carbocycles. The van der Waals surface area contributed by atoms with Gasteiger partial charge in [-0.1, -0.05) is 30.3 Å². The number of rotatable bonds is 4. The third-order valence-electron chi connectivity index (χ3n) is 2.42. The van der Waals surface area contributed by atoms with Crippen molar-refractivity contribution in [3.8, 4) is 6.01 Å². The zero-order valence-corrected chi connectivity index (χ0v) is 10.8. The summed E-state index contributed by atoms with van der Waals surface area (Å²) in [7, 11) is 1.48. The molecule has 0 aliphatic rings. The van der Waals surface area contributed by atoms with Gasteiger partial charge in [-0.3, -0.25) is 0 Å². The van der Waals surface area contributed by atoms with Crippen LogP contribution in [0.2, 0.25) is 5.28 Å². The van der Waals surface area contributed by atoms with Gasteiger partial charge in [0, 0.05) is 0 Å². The molecule has 2 aromatic rings. The van der Waals surface area contributed by atoms with Crippen LogP contribution in [0.1, 0.15) is 18.5 Å². The predicted octanol–water partition coefficient (Wildman–Crippen LogP) is 2.71. The first kappa shape index (κ1) is 12.6. The van der Waals surface area contributed by atoms with Gasteiger partial charge in [0.1, 0.15) is 0 Å². The summed E-state index contributed by atoms with van der Waals surface area (Å²) in [6.45, 7) is 2.01. The maximum absolute atomic E-state index is 5.78. The second kappa shape index (κ2) is 5.64. The van der Waals surface area contributed by atoms with E-state index in [1.54, 1.807) is 0 Å². The van der Waals surface area contributed by atoms with E-state index in [-0.39, 0.29) is 17.3 Å². The van der Waals surface area contributed by atoms with Crippen molar-refractivity contribution in [2.45, 2.75) is 13.0 Å². The fourth-order valence-electron chi connectivity index (χ4n) is 1.51. The van der Waals surface area contributed by atoms with E-state index in [1.165, 1.54) is 7.11 Å². The lowest BCUT2D eigenvalue weighted by molar-refractivity contribution is 0.378. The number of halogens is 1. The fourth-order valence-corrected chi connectivity index (χ4v) is 1.66. The number of benzene rings is 1. The van der Waals surface area contributed by atoms with Gasteiger partial charge < -0.3 is 10.1 Å². The number of methoxy groups -OCH3 is 1. The van der Waals surface area contributed by atoms with Crippen molar-refractivity contribution in [3.05, 3.63) is 41.2 Å². The molecule has 1 heterocycles. The zero-order chi connectivity index (χ0) is 13.0. The molecule has 1 aromatic heterocycles. The third-order valence-corrected chi connectivity index (χ3v) is 2.58. The number of hydrogen-bond acceptors (Lipinski definition) is 5. The van der Waals surface area contributed by atoms with Crippen LogP contribution in [0, 0.1) is 0 Å². The SMILES string of the molecule is COc1nc(Cl)nc(N[C@H](C)c2ccccc2)n1. The highest BCUT2D eigenvalue weighted by atomic mass is 35.5. The lowest BCUT2D eigenvalue weighted by Gasteiger charge is -2.14. The largest absolute Gasteiger partial charge is 0.467 e. The van der Waals surface area contributed by atoms with Crippen molar-refractivity contribution in [2.24, 2.45) is 0 Å². The summed E-state index contributed by atoms with van der Waals surface area (Å²) >= 11 is 5.78. The van der Waals surface area contributed by atoms with E-state index in [2.05, 4.69) is 20.3 Å². The summed E-state index contributed by atoms with van der Waals surface area (Å²) in [5, 5.41) is 3.25. The van der Waals surface area contributed by atoms with Crippen molar-refractivity contribution >= 4 is 17.5 Å². The van der Waals surface area contributed by atoms with Crippen LogP contribution in [0.5, 0.6) is 6.01 Å². The van der Waals surface area contributed by atoms with E-state index in [0.717, 1.165) is 5.56 Å². The number of nitrogens with one attached hydrogen (secondary N) is 1. The van der Waals surface area contributed by atoms with Crippen molar-refractivity contribution < 1.29 is 4.74 Å². The Hall–Kier alpha value is -1.88. The van der Waals surface area contributed by atoms with E-state index >= 15 is 0 Å². The molecular formula is C12H13ClN4O. The highest BCUT2D eigenvalue weighted by molar-refractivity contribution is 6.28. The number of ether oxygens (including phenoxy) is 1. The van der Waals surface area contributed by atoms with Crippen LogP contribution < -0.4 is 10.1 Å². The van der Waals surface area contributed by atoms with Gasteiger partial charge in [-0.25, -0.2) is 0 Å². The van der Waals surface area contributed by atoms with Crippen molar-refractivity contribution in [1.29, 1.82) is 0 Å². The van der Waals surface area contributed by atoms with Crippen LogP contribution in [0.3, 0.4) is 0 Å². The van der Waals surface area contributed by atoms with Crippen molar-refractivity contribution in [1.82, 2.24) is 15.0 Å². The molecule has 0 bridgehead atoms. The van der Waals surface area contributed by atoms with E-state index in [4.69, 9.17) is 16.3 Å². The molecule has 1 N–H and O–H groups in total. The molecular weight excluding hydrogens is 252 g/mol. The third kappa shape index (κ3) is 3.07. The summed E-state index contributed by atoms with van der Waals surface area (Å²) < 4.78 is 4.94. The van der Waals surface area contributed by atoms with Gasteiger partial charge in [-0.05, 0) is 24.1 Å². The molecule has 0 saturated carbocycles. The highest BCUT2D eigenvalue weighted by Crippen LogP contribution is 2.18. The topological polar surface area (TPSA) is 59.9 Å². The van der Waals surface area contributed by atoms with Gasteiger partial charge >= 0.3 is 6.01 Å². The van der Waals surface area contributed by atoms with E-state index < -0.39 is 0 Å². The Labute approximate surface area is 110 Å². The number of aromatic nitrogens is 3. The molecule has 0 radical (unpaired) electrons. The van der Waals surface area contributed by atoms with Crippen LogP contribution in [-0.2, 0) is 0 Å². The Balaban J connectivity index is 2.16. The minimum absolute atomic E-state index is 0.0642. The van der Waals surface area contributed by atoms with Crippen LogP contribution in [0.15, 0.2) is 30.3 Å². The van der Waals surface area contributed by atoms with E-state index in [1.807, 2.05) is 37.3 Å². The minimum Gasteiger partial charge on any atom is -0.467 e. The lowest BCUT2D eigenvalue weighted by Crippen LogP contribution is -2.10. The van der Waals surface area contributed by atoms with Crippen LogP contribution >= 0.6 is 11.6 Å². The average Bonchev–Trinajstić information content (AvgIpc) is 2.39. The summed E-state index contributed by atoms with van der Waals surface area (Å²) in [5.74, 6) is 0.392. The molecule has 6 heteroatoms.